The van der Waals surface area contributed by atoms with Crippen LogP contribution in [0, 0.1) is 5.82 Å². The molecule has 2 aromatic rings. The number of rotatable bonds is 4. The van der Waals surface area contributed by atoms with Crippen molar-refractivity contribution in [2.24, 2.45) is 5.73 Å². The van der Waals surface area contributed by atoms with E-state index in [2.05, 4.69) is 21.2 Å². The molecule has 0 aliphatic heterocycles. The zero-order valence-electron chi connectivity index (χ0n) is 10.9. The van der Waals surface area contributed by atoms with Gasteiger partial charge in [-0.25, -0.2) is 4.39 Å². The third kappa shape index (κ3) is 3.16. The van der Waals surface area contributed by atoms with Gasteiger partial charge in [-0.05, 0) is 40.5 Å². The van der Waals surface area contributed by atoms with Gasteiger partial charge in [-0.1, -0.05) is 42.5 Å². The normalized spacial score (nSPS) is 11.9. The largest absolute Gasteiger partial charge is 0.389 e. The van der Waals surface area contributed by atoms with Crippen LogP contribution < -0.4 is 11.1 Å². The minimum atomic E-state index is -0.391. The molecule has 0 heterocycles. The Labute approximate surface area is 131 Å². The molecule has 0 aromatic heterocycles. The van der Waals surface area contributed by atoms with Crippen molar-refractivity contribution in [2.45, 2.75) is 13.0 Å². The van der Waals surface area contributed by atoms with Crippen LogP contribution in [0.5, 0.6) is 0 Å². The number of nitrogens with two attached hydrogens (primary N) is 1. The number of halogens is 2. The number of nitrogens with one attached hydrogen (secondary N) is 1. The zero-order chi connectivity index (χ0) is 14.7. The van der Waals surface area contributed by atoms with Crippen LogP contribution in [0.4, 0.5) is 10.1 Å². The van der Waals surface area contributed by atoms with Gasteiger partial charge < -0.3 is 11.1 Å². The molecule has 0 radical (unpaired) electrons. The fraction of sp³-hybridized carbons (Fsp3) is 0.133. The molecule has 0 saturated heterocycles. The SMILES string of the molecule is CC(Nc1ccc(C(N)=S)c(Br)c1F)c1ccccc1. The summed E-state index contributed by atoms with van der Waals surface area (Å²) in [6.45, 7) is 1.98. The molecule has 3 N–H and O–H groups in total. The molecule has 20 heavy (non-hydrogen) atoms. The molecule has 0 saturated carbocycles. The molecular formula is C15H14BrFN2S. The third-order valence-corrected chi connectivity index (χ3v) is 4.01. The zero-order valence-corrected chi connectivity index (χ0v) is 13.3. The Bertz CT molecular complexity index is 631. The second-order valence-electron chi connectivity index (χ2n) is 4.43. The lowest BCUT2D eigenvalue weighted by atomic mass is 10.1. The summed E-state index contributed by atoms with van der Waals surface area (Å²) in [5.74, 6) is -0.391. The van der Waals surface area contributed by atoms with Gasteiger partial charge in [-0.2, -0.15) is 0 Å². The summed E-state index contributed by atoms with van der Waals surface area (Å²) in [5.41, 5.74) is 7.53. The Balaban J connectivity index is 2.27. The van der Waals surface area contributed by atoms with Crippen LogP contribution in [-0.4, -0.2) is 4.99 Å². The van der Waals surface area contributed by atoms with Crippen LogP contribution in [0.2, 0.25) is 0 Å². The number of benzene rings is 2. The average Bonchev–Trinajstić information content (AvgIpc) is 2.44. The van der Waals surface area contributed by atoms with Gasteiger partial charge in [0.25, 0.3) is 0 Å². The van der Waals surface area contributed by atoms with E-state index >= 15 is 0 Å². The number of hydrogen-bond donors (Lipinski definition) is 2. The molecule has 0 aliphatic carbocycles. The van der Waals surface area contributed by atoms with Gasteiger partial charge in [0.1, 0.15) is 4.99 Å². The van der Waals surface area contributed by atoms with Gasteiger partial charge >= 0.3 is 0 Å². The van der Waals surface area contributed by atoms with E-state index in [4.69, 9.17) is 18.0 Å². The summed E-state index contributed by atoms with van der Waals surface area (Å²) in [4.78, 5) is 0.165. The number of hydrogen-bond acceptors (Lipinski definition) is 2. The van der Waals surface area contributed by atoms with Crippen LogP contribution in [0.3, 0.4) is 0 Å². The molecule has 1 unspecified atom stereocenters. The van der Waals surface area contributed by atoms with Crippen LogP contribution in [0.1, 0.15) is 24.1 Å². The van der Waals surface area contributed by atoms with E-state index in [-0.39, 0.29) is 15.5 Å². The molecule has 0 amide bonds. The van der Waals surface area contributed by atoms with Gasteiger partial charge in [-0.15, -0.1) is 0 Å². The lowest BCUT2D eigenvalue weighted by molar-refractivity contribution is 0.620. The Morgan fingerprint density at radius 2 is 1.90 bits per heavy atom. The van der Waals surface area contributed by atoms with E-state index in [0.29, 0.717) is 11.3 Å². The van der Waals surface area contributed by atoms with Crippen LogP contribution in [-0.2, 0) is 0 Å². The van der Waals surface area contributed by atoms with Crippen molar-refractivity contribution in [1.82, 2.24) is 0 Å². The smallest absolute Gasteiger partial charge is 0.161 e. The first kappa shape index (κ1) is 14.9. The van der Waals surface area contributed by atoms with Crippen molar-refractivity contribution in [3.63, 3.8) is 0 Å². The standard InChI is InChI=1S/C15H14BrFN2S/c1-9(10-5-3-2-4-6-10)19-12-8-7-11(15(18)20)13(16)14(12)17/h2-9,19H,1H3,(H2,18,20). The molecule has 0 spiro atoms. The van der Waals surface area contributed by atoms with Gasteiger partial charge in [0, 0.05) is 11.6 Å². The van der Waals surface area contributed by atoms with Crippen molar-refractivity contribution < 1.29 is 4.39 Å². The van der Waals surface area contributed by atoms with Crippen molar-refractivity contribution in [3.05, 3.63) is 63.9 Å². The van der Waals surface area contributed by atoms with Gasteiger partial charge in [0.15, 0.2) is 5.82 Å². The van der Waals surface area contributed by atoms with E-state index in [1.165, 1.54) is 0 Å². The van der Waals surface area contributed by atoms with Crippen molar-refractivity contribution in [2.75, 3.05) is 5.32 Å². The molecule has 2 nitrogen and oxygen atoms in total. The van der Waals surface area contributed by atoms with Gasteiger partial charge in [-0.3, -0.25) is 0 Å². The molecule has 0 fully saturated rings. The number of anilines is 1. The van der Waals surface area contributed by atoms with Crippen LogP contribution in [0.25, 0.3) is 0 Å². The molecular weight excluding hydrogens is 339 g/mol. The first-order valence-electron chi connectivity index (χ1n) is 6.10. The van der Waals surface area contributed by atoms with Crippen LogP contribution in [0.15, 0.2) is 46.9 Å². The quantitative estimate of drug-likeness (QED) is 0.801. The molecule has 2 aromatic carbocycles. The lowest BCUT2D eigenvalue weighted by Crippen LogP contribution is -2.13. The maximum absolute atomic E-state index is 14.3. The fourth-order valence-electron chi connectivity index (χ4n) is 1.91. The summed E-state index contributed by atoms with van der Waals surface area (Å²) in [6.07, 6.45) is 0. The minimum Gasteiger partial charge on any atom is -0.389 e. The molecule has 2 rings (SSSR count). The Morgan fingerprint density at radius 1 is 1.25 bits per heavy atom. The van der Waals surface area contributed by atoms with E-state index < -0.39 is 5.82 Å². The monoisotopic (exact) mass is 352 g/mol. The predicted octanol–water partition coefficient (Wildman–Crippen LogP) is 4.40. The Hall–Kier alpha value is -1.46. The maximum Gasteiger partial charge on any atom is 0.161 e. The van der Waals surface area contributed by atoms with Crippen molar-refractivity contribution >= 4 is 38.8 Å². The van der Waals surface area contributed by atoms with E-state index in [0.717, 1.165) is 5.56 Å². The number of thiocarbonyl (C=S) groups is 1. The first-order valence-corrected chi connectivity index (χ1v) is 7.30. The van der Waals surface area contributed by atoms with Crippen LogP contribution >= 0.6 is 28.1 Å². The molecule has 0 bridgehead atoms. The van der Waals surface area contributed by atoms with Crippen molar-refractivity contribution in [1.29, 1.82) is 0 Å². The second-order valence-corrected chi connectivity index (χ2v) is 5.66. The molecule has 0 aliphatic rings. The Morgan fingerprint density at radius 3 is 2.50 bits per heavy atom. The molecule has 104 valence electrons. The molecule has 1 atom stereocenters. The lowest BCUT2D eigenvalue weighted by Gasteiger charge is -2.17. The Kier molecular flexibility index (Phi) is 4.73. The van der Waals surface area contributed by atoms with Gasteiger partial charge in [0.2, 0.25) is 0 Å². The third-order valence-electron chi connectivity index (χ3n) is 3.02. The highest BCUT2D eigenvalue weighted by Gasteiger charge is 2.14. The topological polar surface area (TPSA) is 38.0 Å². The summed E-state index contributed by atoms with van der Waals surface area (Å²) < 4.78 is 14.6. The highest BCUT2D eigenvalue weighted by molar-refractivity contribution is 9.10. The summed E-state index contributed by atoms with van der Waals surface area (Å²) >= 11 is 8.07. The first-order chi connectivity index (χ1) is 9.50. The average molecular weight is 353 g/mol. The molecule has 5 heteroatoms. The maximum atomic E-state index is 14.3. The predicted molar refractivity (Wildman–Crippen MR) is 88.5 cm³/mol. The highest BCUT2D eigenvalue weighted by Crippen LogP contribution is 2.29. The minimum absolute atomic E-state index is 0.00622. The fourth-order valence-corrected chi connectivity index (χ4v) is 2.77. The van der Waals surface area contributed by atoms with E-state index in [1.807, 2.05) is 37.3 Å². The van der Waals surface area contributed by atoms with Gasteiger partial charge in [0.05, 0.1) is 10.2 Å². The summed E-state index contributed by atoms with van der Waals surface area (Å²) in [5, 5.41) is 3.14. The van der Waals surface area contributed by atoms with E-state index in [9.17, 15) is 4.39 Å². The highest BCUT2D eigenvalue weighted by atomic mass is 79.9. The van der Waals surface area contributed by atoms with Crippen molar-refractivity contribution in [3.8, 4) is 0 Å². The summed E-state index contributed by atoms with van der Waals surface area (Å²) in [6, 6.07) is 13.2. The summed E-state index contributed by atoms with van der Waals surface area (Å²) in [7, 11) is 0. The van der Waals surface area contributed by atoms with E-state index in [1.54, 1.807) is 12.1 Å². The second kappa shape index (κ2) is 6.33.